The Labute approximate surface area is 145 Å². The van der Waals surface area contributed by atoms with Gasteiger partial charge in [0.15, 0.2) is 0 Å². The van der Waals surface area contributed by atoms with Crippen LogP contribution in [0.5, 0.6) is 0 Å². The maximum atomic E-state index is 12.8. The summed E-state index contributed by atoms with van der Waals surface area (Å²) in [4.78, 5) is 18.6. The fraction of sp³-hybridized carbons (Fsp3) is 0.100. The number of anilines is 1. The van der Waals surface area contributed by atoms with Crippen molar-refractivity contribution in [2.24, 2.45) is 0 Å². The first kappa shape index (κ1) is 14.9. The number of pyridine rings is 1. The fourth-order valence-electron chi connectivity index (χ4n) is 3.08. The summed E-state index contributed by atoms with van der Waals surface area (Å²) in [5, 5.41) is 0.635. The number of carbonyl (C=O) groups is 1. The second kappa shape index (κ2) is 6.10. The van der Waals surface area contributed by atoms with E-state index in [0.29, 0.717) is 17.1 Å². The fourth-order valence-corrected chi connectivity index (χ4v) is 3.21. The minimum absolute atomic E-state index is 0.0158. The summed E-state index contributed by atoms with van der Waals surface area (Å²) in [7, 11) is 0. The van der Waals surface area contributed by atoms with Crippen molar-refractivity contribution in [3.63, 3.8) is 0 Å². The van der Waals surface area contributed by atoms with E-state index in [4.69, 9.17) is 11.6 Å². The number of benzene rings is 2. The van der Waals surface area contributed by atoms with Crippen LogP contribution in [-0.4, -0.2) is 17.4 Å². The van der Waals surface area contributed by atoms with Crippen LogP contribution in [0, 0.1) is 0 Å². The molecular weight excluding hydrogens is 320 g/mol. The topological polar surface area (TPSA) is 33.2 Å². The largest absolute Gasteiger partial charge is 0.308 e. The van der Waals surface area contributed by atoms with Crippen LogP contribution >= 0.6 is 11.6 Å². The molecule has 0 N–H and O–H groups in total. The molecule has 0 unspecified atom stereocenters. The second-order valence-corrected chi connectivity index (χ2v) is 6.23. The van der Waals surface area contributed by atoms with Gasteiger partial charge in [0.2, 0.25) is 0 Å². The van der Waals surface area contributed by atoms with Crippen LogP contribution < -0.4 is 4.90 Å². The summed E-state index contributed by atoms with van der Waals surface area (Å²) in [6, 6.07) is 17.3. The molecule has 24 heavy (non-hydrogen) atoms. The van der Waals surface area contributed by atoms with Crippen molar-refractivity contribution in [3.05, 3.63) is 83.1 Å². The lowest BCUT2D eigenvalue weighted by Gasteiger charge is -2.17. The number of rotatable bonds is 2. The lowest BCUT2D eigenvalue weighted by molar-refractivity contribution is 0.0989. The molecule has 0 radical (unpaired) electrons. The van der Waals surface area contributed by atoms with E-state index in [9.17, 15) is 4.79 Å². The molecule has 3 nitrogen and oxygen atoms in total. The minimum atomic E-state index is 0.0158. The van der Waals surface area contributed by atoms with Crippen molar-refractivity contribution in [2.75, 3.05) is 11.4 Å². The van der Waals surface area contributed by atoms with E-state index >= 15 is 0 Å². The van der Waals surface area contributed by atoms with E-state index in [1.807, 2.05) is 23.1 Å². The van der Waals surface area contributed by atoms with Crippen molar-refractivity contribution >= 4 is 23.2 Å². The Kier molecular flexibility index (Phi) is 3.79. The van der Waals surface area contributed by atoms with E-state index in [2.05, 4.69) is 17.1 Å². The number of halogens is 1. The molecule has 2 heterocycles. The zero-order valence-corrected chi connectivity index (χ0v) is 13.7. The van der Waals surface area contributed by atoms with E-state index in [-0.39, 0.29) is 5.91 Å². The zero-order chi connectivity index (χ0) is 16.5. The first-order chi connectivity index (χ1) is 11.7. The molecule has 1 aliphatic heterocycles. The highest BCUT2D eigenvalue weighted by Crippen LogP contribution is 2.33. The average molecular weight is 335 g/mol. The summed E-state index contributed by atoms with van der Waals surface area (Å²) in [6.45, 7) is 0.705. The molecule has 0 saturated carbocycles. The van der Waals surface area contributed by atoms with Gasteiger partial charge in [-0.15, -0.1) is 0 Å². The molecule has 1 aliphatic rings. The van der Waals surface area contributed by atoms with Gasteiger partial charge in [-0.2, -0.15) is 0 Å². The van der Waals surface area contributed by atoms with Gasteiger partial charge < -0.3 is 4.90 Å². The average Bonchev–Trinajstić information content (AvgIpc) is 3.05. The Morgan fingerprint density at radius 2 is 1.71 bits per heavy atom. The zero-order valence-electron chi connectivity index (χ0n) is 12.9. The Morgan fingerprint density at radius 1 is 0.958 bits per heavy atom. The van der Waals surface area contributed by atoms with Crippen LogP contribution in [-0.2, 0) is 6.42 Å². The Morgan fingerprint density at radius 3 is 2.46 bits per heavy atom. The highest BCUT2D eigenvalue weighted by atomic mass is 35.5. The lowest BCUT2D eigenvalue weighted by Crippen LogP contribution is -2.28. The molecule has 0 spiro atoms. The van der Waals surface area contributed by atoms with E-state index < -0.39 is 0 Å². The number of nitrogens with zero attached hydrogens (tertiary/aromatic N) is 2. The smallest absolute Gasteiger partial charge is 0.258 e. The quantitative estimate of drug-likeness (QED) is 0.686. The lowest BCUT2D eigenvalue weighted by atomic mass is 10.0. The summed E-state index contributed by atoms with van der Waals surface area (Å²) < 4.78 is 0. The van der Waals surface area contributed by atoms with Gasteiger partial charge in [0.1, 0.15) is 0 Å². The molecule has 0 atom stereocenters. The molecule has 0 aliphatic carbocycles. The number of hydrogen-bond acceptors (Lipinski definition) is 2. The van der Waals surface area contributed by atoms with Gasteiger partial charge in [0, 0.05) is 35.2 Å². The molecule has 1 aromatic heterocycles. The third-order valence-electron chi connectivity index (χ3n) is 4.33. The highest BCUT2D eigenvalue weighted by Gasteiger charge is 2.25. The maximum absolute atomic E-state index is 12.8. The summed E-state index contributed by atoms with van der Waals surface area (Å²) in [5.41, 5.74) is 5.14. The predicted molar refractivity (Wildman–Crippen MR) is 96.5 cm³/mol. The van der Waals surface area contributed by atoms with Gasteiger partial charge in [-0.3, -0.25) is 9.78 Å². The molecular formula is C20H15ClN2O. The van der Waals surface area contributed by atoms with Crippen molar-refractivity contribution in [3.8, 4) is 11.1 Å². The number of aromatic nitrogens is 1. The van der Waals surface area contributed by atoms with Gasteiger partial charge in [-0.05, 0) is 71.6 Å². The Balaban J connectivity index is 1.65. The molecule has 0 bridgehead atoms. The SMILES string of the molecule is O=C(c1ccc(Cl)cc1)N1CCc2cc(-c3ccncc3)ccc21. The molecule has 3 aromatic rings. The summed E-state index contributed by atoms with van der Waals surface area (Å²) >= 11 is 5.90. The number of fused-ring (bicyclic) bond motifs is 1. The molecule has 4 heteroatoms. The molecule has 0 fully saturated rings. The van der Waals surface area contributed by atoms with Gasteiger partial charge in [-0.1, -0.05) is 17.7 Å². The van der Waals surface area contributed by atoms with Gasteiger partial charge in [0.05, 0.1) is 0 Å². The van der Waals surface area contributed by atoms with Crippen molar-refractivity contribution in [1.29, 1.82) is 0 Å². The van der Waals surface area contributed by atoms with Crippen LogP contribution in [0.15, 0.2) is 67.0 Å². The van der Waals surface area contributed by atoms with E-state index in [1.54, 1.807) is 36.7 Å². The molecule has 1 amide bonds. The van der Waals surface area contributed by atoms with Crippen LogP contribution in [0.4, 0.5) is 5.69 Å². The Bertz CT molecular complexity index is 891. The standard InChI is InChI=1S/C20H15ClN2O/c21-18-4-1-15(2-5-18)20(24)23-12-9-17-13-16(3-6-19(17)23)14-7-10-22-11-8-14/h1-8,10-11,13H,9,12H2. The third kappa shape index (κ3) is 2.68. The van der Waals surface area contributed by atoms with Crippen LogP contribution in [0.1, 0.15) is 15.9 Å². The van der Waals surface area contributed by atoms with Gasteiger partial charge in [-0.25, -0.2) is 0 Å². The minimum Gasteiger partial charge on any atom is -0.308 e. The Hall–Kier alpha value is -2.65. The monoisotopic (exact) mass is 334 g/mol. The third-order valence-corrected chi connectivity index (χ3v) is 4.58. The normalized spacial score (nSPS) is 13.0. The second-order valence-electron chi connectivity index (χ2n) is 5.79. The summed E-state index contributed by atoms with van der Waals surface area (Å²) in [6.07, 6.45) is 4.45. The molecule has 4 rings (SSSR count). The van der Waals surface area contributed by atoms with E-state index in [1.165, 1.54) is 5.56 Å². The van der Waals surface area contributed by atoms with Crippen LogP contribution in [0.2, 0.25) is 5.02 Å². The first-order valence-corrected chi connectivity index (χ1v) is 8.21. The predicted octanol–water partition coefficient (Wildman–Crippen LogP) is 4.60. The number of amides is 1. The van der Waals surface area contributed by atoms with Gasteiger partial charge in [0.25, 0.3) is 5.91 Å². The van der Waals surface area contributed by atoms with Crippen molar-refractivity contribution in [1.82, 2.24) is 4.98 Å². The number of carbonyl (C=O) groups excluding carboxylic acids is 1. The van der Waals surface area contributed by atoms with E-state index in [0.717, 1.165) is 23.2 Å². The van der Waals surface area contributed by atoms with Gasteiger partial charge >= 0.3 is 0 Å². The summed E-state index contributed by atoms with van der Waals surface area (Å²) in [5.74, 6) is 0.0158. The van der Waals surface area contributed by atoms with Crippen molar-refractivity contribution in [2.45, 2.75) is 6.42 Å². The van der Waals surface area contributed by atoms with Crippen LogP contribution in [0.25, 0.3) is 11.1 Å². The molecule has 0 saturated heterocycles. The first-order valence-electron chi connectivity index (χ1n) is 7.83. The van der Waals surface area contributed by atoms with Crippen molar-refractivity contribution < 1.29 is 4.79 Å². The molecule has 118 valence electrons. The maximum Gasteiger partial charge on any atom is 0.258 e. The number of hydrogen-bond donors (Lipinski definition) is 0. The van der Waals surface area contributed by atoms with Crippen LogP contribution in [0.3, 0.4) is 0 Å². The highest BCUT2D eigenvalue weighted by molar-refractivity contribution is 6.30. The molecule has 2 aromatic carbocycles.